The number of hydrogen-bond acceptors (Lipinski definition) is 3. The van der Waals surface area contributed by atoms with E-state index >= 15 is 0 Å². The molecular weight excluding hydrogens is 282 g/mol. The van der Waals surface area contributed by atoms with Gasteiger partial charge in [0.1, 0.15) is 11.0 Å². The van der Waals surface area contributed by atoms with Crippen LogP contribution in [0.5, 0.6) is 0 Å². The van der Waals surface area contributed by atoms with E-state index in [0.29, 0.717) is 11.2 Å². The summed E-state index contributed by atoms with van der Waals surface area (Å²) in [7, 11) is 0. The normalized spacial score (nSPS) is 23.3. The zero-order valence-electron chi connectivity index (χ0n) is 12.1. The number of anilines is 1. The molecule has 4 rings (SSSR count). The molecule has 3 nitrogen and oxygen atoms in total. The van der Waals surface area contributed by atoms with Gasteiger partial charge in [-0.15, -0.1) is 0 Å². The molecule has 2 saturated heterocycles. The Balaban J connectivity index is 1.64. The molecule has 2 aromatic rings. The molecule has 0 bridgehead atoms. The maximum atomic E-state index is 6.22. The molecule has 1 unspecified atom stereocenters. The first-order valence-corrected chi connectivity index (χ1v) is 8.23. The second-order valence-electron chi connectivity index (χ2n) is 6.12. The van der Waals surface area contributed by atoms with Gasteiger partial charge in [-0.1, -0.05) is 35.9 Å². The summed E-state index contributed by atoms with van der Waals surface area (Å²) in [5, 5.41) is 2.98. The second-order valence-corrected chi connectivity index (χ2v) is 6.51. The Labute approximate surface area is 130 Å². The van der Waals surface area contributed by atoms with Gasteiger partial charge in [0.15, 0.2) is 0 Å². The fraction of sp³-hybridized carbons (Fsp3) is 0.471. The number of halogens is 1. The molecule has 0 aliphatic carbocycles. The highest BCUT2D eigenvalue weighted by Gasteiger charge is 2.30. The van der Waals surface area contributed by atoms with Crippen LogP contribution >= 0.6 is 11.6 Å². The molecule has 2 aliphatic rings. The Bertz CT molecular complexity index is 652. The van der Waals surface area contributed by atoms with E-state index in [2.05, 4.69) is 39.0 Å². The Morgan fingerprint density at radius 1 is 1.10 bits per heavy atom. The second kappa shape index (κ2) is 5.47. The minimum absolute atomic E-state index is 0.591. The van der Waals surface area contributed by atoms with E-state index < -0.39 is 0 Å². The van der Waals surface area contributed by atoms with E-state index in [1.54, 1.807) is 0 Å². The average molecular weight is 302 g/mol. The summed E-state index contributed by atoms with van der Waals surface area (Å²) >= 11 is 6.22. The predicted octanol–water partition coefficient (Wildman–Crippen LogP) is 3.56. The maximum Gasteiger partial charge on any atom is 0.138 e. The molecule has 21 heavy (non-hydrogen) atoms. The Hall–Kier alpha value is -1.32. The van der Waals surface area contributed by atoms with Gasteiger partial charge in [-0.2, -0.15) is 0 Å². The van der Waals surface area contributed by atoms with Gasteiger partial charge in [0, 0.05) is 24.5 Å². The number of hydrogen-bond donors (Lipinski definition) is 0. The lowest BCUT2D eigenvalue weighted by Gasteiger charge is -2.24. The SMILES string of the molecule is Clc1cc2ccccc2c(N2CCC(N3CCCC3)C2)n1. The zero-order valence-corrected chi connectivity index (χ0v) is 12.9. The molecule has 3 heterocycles. The zero-order chi connectivity index (χ0) is 14.2. The molecule has 0 saturated carbocycles. The number of fused-ring (bicyclic) bond motifs is 1. The Morgan fingerprint density at radius 2 is 1.90 bits per heavy atom. The summed E-state index contributed by atoms with van der Waals surface area (Å²) < 4.78 is 0. The number of benzene rings is 1. The van der Waals surface area contributed by atoms with Crippen molar-refractivity contribution in [2.24, 2.45) is 0 Å². The van der Waals surface area contributed by atoms with Crippen LogP contribution in [0.15, 0.2) is 30.3 Å². The third kappa shape index (κ3) is 2.49. The van der Waals surface area contributed by atoms with Crippen molar-refractivity contribution in [2.45, 2.75) is 25.3 Å². The van der Waals surface area contributed by atoms with Crippen LogP contribution in [-0.4, -0.2) is 42.1 Å². The van der Waals surface area contributed by atoms with E-state index in [4.69, 9.17) is 11.6 Å². The molecule has 0 amide bonds. The lowest BCUT2D eigenvalue weighted by atomic mass is 10.1. The molecule has 0 spiro atoms. The standard InChI is InChI=1S/C17H20ClN3/c18-16-11-13-5-1-2-6-15(13)17(19-16)21-10-7-14(12-21)20-8-3-4-9-20/h1-2,5-6,11,14H,3-4,7-10,12H2. The van der Waals surface area contributed by atoms with Crippen LogP contribution in [0.4, 0.5) is 5.82 Å². The lowest BCUT2D eigenvalue weighted by Crippen LogP contribution is -2.35. The first kappa shape index (κ1) is 13.4. The average Bonchev–Trinajstić information content (AvgIpc) is 3.17. The lowest BCUT2D eigenvalue weighted by molar-refractivity contribution is 0.260. The van der Waals surface area contributed by atoms with Crippen LogP contribution in [0, 0.1) is 0 Å². The van der Waals surface area contributed by atoms with Gasteiger partial charge in [-0.05, 0) is 43.8 Å². The minimum atomic E-state index is 0.591. The third-order valence-corrected chi connectivity index (χ3v) is 5.00. The highest BCUT2D eigenvalue weighted by molar-refractivity contribution is 6.30. The molecule has 2 fully saturated rings. The third-order valence-electron chi connectivity index (χ3n) is 4.81. The van der Waals surface area contributed by atoms with E-state index in [9.17, 15) is 0 Å². The van der Waals surface area contributed by atoms with Gasteiger partial charge in [0.05, 0.1) is 0 Å². The van der Waals surface area contributed by atoms with Gasteiger partial charge in [0.25, 0.3) is 0 Å². The van der Waals surface area contributed by atoms with Crippen molar-refractivity contribution in [3.63, 3.8) is 0 Å². The molecule has 4 heteroatoms. The van der Waals surface area contributed by atoms with Crippen molar-refractivity contribution in [1.29, 1.82) is 0 Å². The van der Waals surface area contributed by atoms with Gasteiger partial charge in [-0.3, -0.25) is 4.90 Å². The number of likely N-dealkylation sites (tertiary alicyclic amines) is 1. The van der Waals surface area contributed by atoms with Crippen LogP contribution in [0.2, 0.25) is 5.15 Å². The van der Waals surface area contributed by atoms with Crippen LogP contribution in [-0.2, 0) is 0 Å². The van der Waals surface area contributed by atoms with Gasteiger partial charge in [-0.25, -0.2) is 4.98 Å². The summed E-state index contributed by atoms with van der Waals surface area (Å²) in [5.41, 5.74) is 0. The van der Waals surface area contributed by atoms with Gasteiger partial charge >= 0.3 is 0 Å². The van der Waals surface area contributed by atoms with Crippen molar-refractivity contribution in [3.05, 3.63) is 35.5 Å². The molecule has 1 aromatic carbocycles. The van der Waals surface area contributed by atoms with Crippen molar-refractivity contribution in [1.82, 2.24) is 9.88 Å². The number of rotatable bonds is 2. The molecule has 0 N–H and O–H groups in total. The summed E-state index contributed by atoms with van der Waals surface area (Å²) in [6, 6.07) is 11.0. The maximum absolute atomic E-state index is 6.22. The monoisotopic (exact) mass is 301 g/mol. The van der Waals surface area contributed by atoms with E-state index in [1.165, 1.54) is 43.1 Å². The predicted molar refractivity (Wildman–Crippen MR) is 88.2 cm³/mol. The van der Waals surface area contributed by atoms with Crippen LogP contribution in [0.1, 0.15) is 19.3 Å². The van der Waals surface area contributed by atoms with E-state index in [-0.39, 0.29) is 0 Å². The fourth-order valence-corrected chi connectivity index (χ4v) is 3.93. The first-order valence-electron chi connectivity index (χ1n) is 7.85. The summed E-state index contributed by atoms with van der Waals surface area (Å²) in [6.07, 6.45) is 3.95. The van der Waals surface area contributed by atoms with Gasteiger partial charge in [0.2, 0.25) is 0 Å². The van der Waals surface area contributed by atoms with E-state index in [0.717, 1.165) is 18.9 Å². The summed E-state index contributed by atoms with van der Waals surface area (Å²) in [5.74, 6) is 1.06. The summed E-state index contributed by atoms with van der Waals surface area (Å²) in [6.45, 7) is 4.69. The Morgan fingerprint density at radius 3 is 2.76 bits per heavy atom. The molecule has 2 aliphatic heterocycles. The number of pyridine rings is 1. The van der Waals surface area contributed by atoms with Gasteiger partial charge < -0.3 is 4.90 Å². The molecule has 1 aromatic heterocycles. The molecule has 110 valence electrons. The fourth-order valence-electron chi connectivity index (χ4n) is 3.73. The topological polar surface area (TPSA) is 19.4 Å². The highest BCUT2D eigenvalue weighted by Crippen LogP contribution is 2.31. The molecule has 1 atom stereocenters. The first-order chi connectivity index (χ1) is 10.3. The highest BCUT2D eigenvalue weighted by atomic mass is 35.5. The van der Waals surface area contributed by atoms with Crippen molar-refractivity contribution >= 4 is 28.2 Å². The van der Waals surface area contributed by atoms with Crippen LogP contribution < -0.4 is 4.90 Å². The quantitative estimate of drug-likeness (QED) is 0.791. The van der Waals surface area contributed by atoms with Crippen molar-refractivity contribution < 1.29 is 0 Å². The largest absolute Gasteiger partial charge is 0.354 e. The van der Waals surface area contributed by atoms with Crippen LogP contribution in [0.3, 0.4) is 0 Å². The Kier molecular flexibility index (Phi) is 3.48. The van der Waals surface area contributed by atoms with E-state index in [1.807, 2.05) is 6.07 Å². The smallest absolute Gasteiger partial charge is 0.138 e. The van der Waals surface area contributed by atoms with Crippen LogP contribution in [0.25, 0.3) is 10.8 Å². The molecule has 0 radical (unpaired) electrons. The van der Waals surface area contributed by atoms with Crippen molar-refractivity contribution in [3.8, 4) is 0 Å². The molecular formula is C17H20ClN3. The number of aromatic nitrogens is 1. The minimum Gasteiger partial charge on any atom is -0.354 e. The van der Waals surface area contributed by atoms with Crippen molar-refractivity contribution in [2.75, 3.05) is 31.1 Å². The summed E-state index contributed by atoms with van der Waals surface area (Å²) in [4.78, 5) is 9.68. The number of nitrogens with zero attached hydrogens (tertiary/aromatic N) is 3.